The molecule has 173 valence electrons. The summed E-state index contributed by atoms with van der Waals surface area (Å²) in [5.74, 6) is 0. The fourth-order valence-corrected chi connectivity index (χ4v) is 2.76. The van der Waals surface area contributed by atoms with E-state index in [0.29, 0.717) is 0 Å². The van der Waals surface area contributed by atoms with Crippen LogP contribution in [-0.4, -0.2) is 93.5 Å². The number of pyridine rings is 1. The van der Waals surface area contributed by atoms with E-state index in [1.165, 1.54) is 0 Å². The molecular weight excluding hydrogens is 456 g/mol. The Kier molecular flexibility index (Phi) is 14.5. The van der Waals surface area contributed by atoms with Gasteiger partial charge in [-0.25, -0.2) is 4.98 Å². The van der Waals surface area contributed by atoms with Crippen molar-refractivity contribution in [2.24, 2.45) is 9.98 Å². The molecule has 2 bridgehead atoms. The molecule has 1 aliphatic rings. The summed E-state index contributed by atoms with van der Waals surface area (Å²) in [4.78, 5) is 18.9. The molecule has 11 heteroatoms. The number of aliphatic imine (C=N–C) groups is 2. The van der Waals surface area contributed by atoms with Crippen molar-refractivity contribution in [3.05, 3.63) is 29.6 Å². The van der Waals surface area contributed by atoms with Gasteiger partial charge in [0, 0.05) is 26.2 Å². The number of likely N-dealkylation sites (N-methyl/N-ethyl adjacent to an activating group) is 1. The Labute approximate surface area is 191 Å². The number of rotatable bonds is 3. The Morgan fingerprint density at radius 1 is 1.00 bits per heavy atom. The second-order valence-electron chi connectivity index (χ2n) is 7.13. The molecule has 0 saturated heterocycles. The number of hydrogen-bond acceptors (Lipinski definition) is 9. The van der Waals surface area contributed by atoms with Crippen molar-refractivity contribution >= 4 is 11.4 Å². The summed E-state index contributed by atoms with van der Waals surface area (Å²) < 4.78 is 30.2. The van der Waals surface area contributed by atoms with Gasteiger partial charge in [0.15, 0.2) is 0 Å². The van der Waals surface area contributed by atoms with Gasteiger partial charge in [0.1, 0.15) is 0 Å². The third-order valence-electron chi connectivity index (χ3n) is 4.32. The van der Waals surface area contributed by atoms with Crippen LogP contribution in [-0.2, 0) is 16.5 Å². The molecule has 0 unspecified atom stereocenters. The average Bonchev–Trinajstić information content (AvgIpc) is 2.63. The molecule has 1 aromatic heterocycles. The van der Waals surface area contributed by atoms with Crippen molar-refractivity contribution in [2.45, 2.75) is 26.7 Å². The SMILES string of the molecule is CC1=NCCCN(CCN(C)C)CCCN=C(C)c2cccc1n2.[Ni+3].[O-][Cl+](O)(O)O. The van der Waals surface area contributed by atoms with Crippen LogP contribution in [0, 0.1) is 10.2 Å². The van der Waals surface area contributed by atoms with E-state index in [0.717, 1.165) is 74.9 Å². The van der Waals surface area contributed by atoms with Crippen LogP contribution in [0.3, 0.4) is 0 Å². The molecule has 0 amide bonds. The zero-order valence-corrected chi connectivity index (χ0v) is 19.8. The van der Waals surface area contributed by atoms with Gasteiger partial charge >= 0.3 is 45.4 Å². The van der Waals surface area contributed by atoms with Crippen molar-refractivity contribution in [3.63, 3.8) is 0 Å². The van der Waals surface area contributed by atoms with Crippen LogP contribution in [0.15, 0.2) is 28.2 Å². The molecule has 3 N–H and O–H groups in total. The Hall–Kier alpha value is -0.966. The Bertz CT molecular complexity index is 636. The quantitative estimate of drug-likeness (QED) is 0.487. The predicted octanol–water partition coefficient (Wildman–Crippen LogP) is -0.505. The van der Waals surface area contributed by atoms with Crippen molar-refractivity contribution < 1.29 is 45.4 Å². The zero-order chi connectivity index (χ0) is 21.9. The second-order valence-corrected chi connectivity index (χ2v) is 8.00. The fraction of sp³-hybridized carbons (Fsp3) is 0.632. The summed E-state index contributed by atoms with van der Waals surface area (Å²) >= 11 is 0. The van der Waals surface area contributed by atoms with Crippen LogP contribution in [0.25, 0.3) is 0 Å². The summed E-state index contributed by atoms with van der Waals surface area (Å²) in [6.07, 6.45) is 2.18. The summed E-state index contributed by atoms with van der Waals surface area (Å²) in [7, 11) is 0.0679. The van der Waals surface area contributed by atoms with E-state index in [9.17, 15) is 0 Å². The molecule has 30 heavy (non-hydrogen) atoms. The van der Waals surface area contributed by atoms with E-state index in [-0.39, 0.29) is 16.5 Å². The van der Waals surface area contributed by atoms with Crippen LogP contribution in [0.5, 0.6) is 0 Å². The van der Waals surface area contributed by atoms with E-state index in [2.05, 4.69) is 23.9 Å². The predicted molar refractivity (Wildman–Crippen MR) is 109 cm³/mol. The molecular formula is C19H34ClN5NiO4+3. The monoisotopic (exact) mass is 489 g/mol. The molecule has 1 aliphatic heterocycles. The maximum absolute atomic E-state index is 8.83. The molecule has 0 saturated carbocycles. The van der Waals surface area contributed by atoms with Gasteiger partial charge in [-0.2, -0.15) is 0 Å². The molecule has 0 fully saturated rings. The first-order valence-corrected chi connectivity index (χ1v) is 10.9. The van der Waals surface area contributed by atoms with E-state index in [4.69, 9.17) is 33.6 Å². The molecule has 0 atom stereocenters. The van der Waals surface area contributed by atoms with Gasteiger partial charge in [0.05, 0.1) is 22.8 Å². The van der Waals surface area contributed by atoms with E-state index in [1.807, 2.05) is 32.0 Å². The standard InChI is InChI=1S/C19H31N5.ClH3O4.Ni/c1-16-18-8-5-9-19(22-18)17(2)21-11-7-13-24(12-6-10-20-16)15-14-23(3)4;2-1(3,4)5;/h5,8-9H,6-7,10-15H2,1-4H3;2-4H;/q;;+3. The average molecular weight is 491 g/mol. The van der Waals surface area contributed by atoms with Gasteiger partial charge in [-0.05, 0) is 66.0 Å². The van der Waals surface area contributed by atoms with Crippen molar-refractivity contribution in [1.29, 1.82) is 0 Å². The molecule has 9 nitrogen and oxygen atoms in total. The van der Waals surface area contributed by atoms with Crippen LogP contribution in [0.2, 0.25) is 0 Å². The summed E-state index contributed by atoms with van der Waals surface area (Å²) in [6.45, 7) is 10.2. The minimum atomic E-state index is -4.19. The molecule has 0 aliphatic carbocycles. The van der Waals surface area contributed by atoms with E-state index >= 15 is 0 Å². The van der Waals surface area contributed by atoms with Gasteiger partial charge in [-0.3, -0.25) is 9.98 Å². The van der Waals surface area contributed by atoms with Crippen LogP contribution < -0.4 is 4.66 Å². The minimum absolute atomic E-state index is 0. The normalized spacial score (nSPS) is 17.0. The van der Waals surface area contributed by atoms with Crippen LogP contribution in [0.1, 0.15) is 38.1 Å². The van der Waals surface area contributed by atoms with Crippen molar-refractivity contribution in [3.8, 4) is 0 Å². The summed E-state index contributed by atoms with van der Waals surface area (Å²) in [5, 5.41) is 0. The van der Waals surface area contributed by atoms with Crippen LogP contribution in [0.4, 0.5) is 0 Å². The van der Waals surface area contributed by atoms with Gasteiger partial charge in [0.25, 0.3) is 0 Å². The first-order chi connectivity index (χ1) is 13.6. The first-order valence-electron chi connectivity index (χ1n) is 9.59. The molecule has 2 heterocycles. The third kappa shape index (κ3) is 14.1. The van der Waals surface area contributed by atoms with Gasteiger partial charge in [0.2, 0.25) is 0 Å². The van der Waals surface area contributed by atoms with Gasteiger partial charge in [-0.15, -0.1) is 0 Å². The van der Waals surface area contributed by atoms with Gasteiger partial charge < -0.3 is 9.80 Å². The molecule has 1 radical (unpaired) electrons. The number of aromatic nitrogens is 1. The molecule has 2 rings (SSSR count). The molecule has 0 aromatic carbocycles. The number of halogens is 1. The summed E-state index contributed by atoms with van der Waals surface area (Å²) in [5.41, 5.74) is 3.95. The van der Waals surface area contributed by atoms with Crippen molar-refractivity contribution in [1.82, 2.24) is 14.8 Å². The Morgan fingerprint density at radius 2 is 1.43 bits per heavy atom. The summed E-state index contributed by atoms with van der Waals surface area (Å²) in [6, 6.07) is 6.11. The van der Waals surface area contributed by atoms with E-state index in [1.54, 1.807) is 0 Å². The van der Waals surface area contributed by atoms with Crippen molar-refractivity contribution in [2.75, 3.05) is 53.4 Å². The fourth-order valence-electron chi connectivity index (χ4n) is 2.76. The van der Waals surface area contributed by atoms with Crippen LogP contribution >= 0.6 is 0 Å². The molecule has 0 spiro atoms. The Morgan fingerprint density at radius 3 is 1.83 bits per heavy atom. The number of nitrogens with zero attached hydrogens (tertiary/aromatic N) is 5. The number of fused-ring (bicyclic) bond motifs is 2. The molecule has 1 aromatic rings. The Balaban J connectivity index is 0.00000125. The second kappa shape index (κ2) is 14.9. The number of hydrogen-bond donors (Lipinski definition) is 3. The maximum atomic E-state index is 8.83. The third-order valence-corrected chi connectivity index (χ3v) is 4.32. The van der Waals surface area contributed by atoms with E-state index < -0.39 is 10.2 Å². The van der Waals surface area contributed by atoms with Gasteiger partial charge in [-0.1, -0.05) is 6.07 Å². The zero-order valence-electron chi connectivity index (χ0n) is 18.1. The topological polar surface area (TPSA) is 128 Å². The first kappa shape index (κ1) is 29.0.